The van der Waals surface area contributed by atoms with E-state index in [4.69, 9.17) is 16.2 Å². The predicted molar refractivity (Wildman–Crippen MR) is 153 cm³/mol. The number of halogens is 1. The molecule has 0 aromatic heterocycles. The van der Waals surface area contributed by atoms with Gasteiger partial charge in [-0.1, -0.05) is 60.3 Å². The van der Waals surface area contributed by atoms with E-state index < -0.39 is 15.9 Å². The lowest BCUT2D eigenvalue weighted by atomic mass is 10.1. The number of ketones is 2. The van der Waals surface area contributed by atoms with E-state index in [-0.39, 0.29) is 41.9 Å². The Morgan fingerprint density at radius 2 is 1.56 bits per heavy atom. The number of thioether (sulfide) groups is 1. The highest BCUT2D eigenvalue weighted by atomic mass is 35.5. The van der Waals surface area contributed by atoms with Crippen molar-refractivity contribution in [1.29, 1.82) is 0 Å². The van der Waals surface area contributed by atoms with Gasteiger partial charge in [0.1, 0.15) is 5.88 Å². The summed E-state index contributed by atoms with van der Waals surface area (Å²) >= 11 is 7.33. The molecule has 8 nitrogen and oxygen atoms in total. The number of benzene rings is 2. The van der Waals surface area contributed by atoms with Crippen LogP contribution in [0.5, 0.6) is 0 Å². The summed E-state index contributed by atoms with van der Waals surface area (Å²) in [4.78, 5) is 42.1. The molecule has 1 N–H and O–H groups in total. The van der Waals surface area contributed by atoms with Crippen LogP contribution in [-0.2, 0) is 14.9 Å². The van der Waals surface area contributed by atoms with Crippen molar-refractivity contribution in [3.05, 3.63) is 94.6 Å². The fraction of sp³-hybridized carbons (Fsp3) is 0.250. The van der Waals surface area contributed by atoms with Gasteiger partial charge in [-0.3, -0.25) is 18.9 Å². The van der Waals surface area contributed by atoms with Gasteiger partial charge in [-0.15, -0.1) is 11.6 Å². The van der Waals surface area contributed by atoms with Gasteiger partial charge in [0.15, 0.2) is 11.6 Å². The number of amides is 1. The van der Waals surface area contributed by atoms with Crippen LogP contribution in [0.2, 0.25) is 0 Å². The average molecular weight is 587 g/mol. The van der Waals surface area contributed by atoms with Crippen LogP contribution in [-0.4, -0.2) is 66.6 Å². The molecule has 0 unspecified atom stereocenters. The first-order chi connectivity index (χ1) is 18.7. The second-order valence-corrected chi connectivity index (χ2v) is 11.8. The van der Waals surface area contributed by atoms with Crippen molar-refractivity contribution in [1.82, 2.24) is 4.90 Å². The Hall–Kier alpha value is -3.18. The molecular formula is C28H27ClN2O6S2. The minimum atomic E-state index is -4.10. The number of para-hydroxylation sites is 1. The maximum atomic E-state index is 12.6. The van der Waals surface area contributed by atoms with E-state index in [1.54, 1.807) is 54.3 Å². The summed E-state index contributed by atoms with van der Waals surface area (Å²) in [5.74, 6) is -1.48. The Bertz CT molecular complexity index is 1450. The van der Waals surface area contributed by atoms with Gasteiger partial charge in [0, 0.05) is 35.7 Å². The first kappa shape index (κ1) is 28.8. The van der Waals surface area contributed by atoms with Crippen LogP contribution in [0.3, 0.4) is 0 Å². The standard InChI is InChI=1S/C28H27ClN2O6S2/c29-19-25(32)30(16-8-18-39(35,36)37)15-7-17-31-23-12-4-5-13-24(23)38-26(31)14-6-3-11-22-27(33)20-9-1-2-10-21(20)28(22)34/h1-6,9-14H,7-8,15-19H2,(H,35,36,37)/b6-3+,26-14-. The molecule has 0 saturated heterocycles. The summed E-state index contributed by atoms with van der Waals surface area (Å²) in [6, 6.07) is 14.7. The third-order valence-electron chi connectivity index (χ3n) is 6.26. The summed E-state index contributed by atoms with van der Waals surface area (Å²) in [5, 5.41) is 0.944. The van der Waals surface area contributed by atoms with Crippen molar-refractivity contribution in [2.24, 2.45) is 0 Å². The number of fused-ring (bicyclic) bond motifs is 2. The number of allylic oxidation sites excluding steroid dienone is 5. The highest BCUT2D eigenvalue weighted by Crippen LogP contribution is 2.45. The smallest absolute Gasteiger partial charge is 0.264 e. The van der Waals surface area contributed by atoms with Gasteiger partial charge in [0.25, 0.3) is 10.1 Å². The summed E-state index contributed by atoms with van der Waals surface area (Å²) in [6.45, 7) is 1.14. The minimum Gasteiger partial charge on any atom is -0.342 e. The molecule has 11 heteroatoms. The molecule has 2 aromatic rings. The van der Waals surface area contributed by atoms with Crippen LogP contribution >= 0.6 is 23.4 Å². The Balaban J connectivity index is 1.43. The van der Waals surface area contributed by atoms with Crippen molar-refractivity contribution in [3.8, 4) is 0 Å². The van der Waals surface area contributed by atoms with Crippen LogP contribution < -0.4 is 4.90 Å². The number of Topliss-reactive ketones (excluding diaryl/α,β-unsaturated/α-hetero) is 2. The third-order valence-corrected chi connectivity index (χ3v) is 8.43. The first-order valence-electron chi connectivity index (χ1n) is 12.3. The van der Waals surface area contributed by atoms with Gasteiger partial charge in [-0.2, -0.15) is 8.42 Å². The lowest BCUT2D eigenvalue weighted by Crippen LogP contribution is -2.36. The Morgan fingerprint density at radius 1 is 0.949 bits per heavy atom. The molecule has 0 bridgehead atoms. The molecule has 4 rings (SSSR count). The second kappa shape index (κ2) is 12.8. The number of hydrogen-bond donors (Lipinski definition) is 1. The van der Waals surface area contributed by atoms with Gasteiger partial charge in [0.05, 0.1) is 22.0 Å². The van der Waals surface area contributed by atoms with Crippen molar-refractivity contribution in [2.45, 2.75) is 17.7 Å². The van der Waals surface area contributed by atoms with Gasteiger partial charge >= 0.3 is 0 Å². The van der Waals surface area contributed by atoms with E-state index in [2.05, 4.69) is 4.90 Å². The molecule has 1 aliphatic heterocycles. The molecule has 1 heterocycles. The normalized spacial score (nSPS) is 15.8. The number of anilines is 1. The summed E-state index contributed by atoms with van der Waals surface area (Å²) in [6.07, 6.45) is 7.63. The van der Waals surface area contributed by atoms with Crippen LogP contribution in [0.15, 0.2) is 88.3 Å². The van der Waals surface area contributed by atoms with Crippen LogP contribution in [0.1, 0.15) is 33.6 Å². The molecule has 0 spiro atoms. The fourth-order valence-corrected chi connectivity index (χ4v) is 6.19. The van der Waals surface area contributed by atoms with Crippen LogP contribution in [0, 0.1) is 0 Å². The van der Waals surface area contributed by atoms with Crippen molar-refractivity contribution >= 4 is 56.6 Å². The van der Waals surface area contributed by atoms with Gasteiger partial charge in [0.2, 0.25) is 5.91 Å². The lowest BCUT2D eigenvalue weighted by molar-refractivity contribution is -0.128. The highest BCUT2D eigenvalue weighted by molar-refractivity contribution is 8.03. The molecule has 39 heavy (non-hydrogen) atoms. The largest absolute Gasteiger partial charge is 0.342 e. The SMILES string of the molecule is O=C1C(=C/C=C/C=C2\Sc3ccccc3N2CCCN(CCCS(=O)(=O)O)C(=O)CCl)C(=O)c2ccccc21. The van der Waals surface area contributed by atoms with E-state index in [9.17, 15) is 22.8 Å². The van der Waals surface area contributed by atoms with Gasteiger partial charge < -0.3 is 9.80 Å². The topological polar surface area (TPSA) is 112 Å². The Labute approximate surface area is 236 Å². The number of alkyl halides is 1. The van der Waals surface area contributed by atoms with Crippen LogP contribution in [0.4, 0.5) is 5.69 Å². The van der Waals surface area contributed by atoms with Gasteiger partial charge in [-0.25, -0.2) is 0 Å². The van der Waals surface area contributed by atoms with Crippen LogP contribution in [0.25, 0.3) is 0 Å². The zero-order chi connectivity index (χ0) is 28.0. The fourth-order valence-electron chi connectivity index (χ4n) is 4.42. The van der Waals surface area contributed by atoms with Crippen molar-refractivity contribution < 1.29 is 27.4 Å². The number of carbonyl (C=O) groups is 3. The average Bonchev–Trinajstić information content (AvgIpc) is 3.39. The summed E-state index contributed by atoms with van der Waals surface area (Å²) < 4.78 is 31.0. The third kappa shape index (κ3) is 7.07. The van der Waals surface area contributed by atoms with E-state index in [0.29, 0.717) is 30.6 Å². The zero-order valence-electron chi connectivity index (χ0n) is 21.0. The highest BCUT2D eigenvalue weighted by Gasteiger charge is 2.32. The maximum Gasteiger partial charge on any atom is 0.264 e. The van der Waals surface area contributed by atoms with E-state index >= 15 is 0 Å². The molecule has 0 atom stereocenters. The second-order valence-electron chi connectivity index (χ2n) is 8.90. The zero-order valence-corrected chi connectivity index (χ0v) is 23.3. The Morgan fingerprint density at radius 3 is 2.23 bits per heavy atom. The molecule has 0 fully saturated rings. The van der Waals surface area contributed by atoms with E-state index in [1.165, 1.54) is 4.90 Å². The number of hydrogen-bond acceptors (Lipinski definition) is 7. The molecule has 0 radical (unpaired) electrons. The molecule has 1 amide bonds. The summed E-state index contributed by atoms with van der Waals surface area (Å²) in [5.41, 5.74) is 2.02. The molecule has 2 aromatic carbocycles. The van der Waals surface area contributed by atoms with Crippen molar-refractivity contribution in [2.75, 3.05) is 36.2 Å². The molecule has 0 saturated carbocycles. The number of carbonyl (C=O) groups excluding carboxylic acids is 3. The van der Waals surface area contributed by atoms with Crippen molar-refractivity contribution in [3.63, 3.8) is 0 Å². The molecular weight excluding hydrogens is 560 g/mol. The Kier molecular flexibility index (Phi) is 9.45. The monoisotopic (exact) mass is 586 g/mol. The molecule has 1 aliphatic carbocycles. The molecule has 204 valence electrons. The quantitative estimate of drug-likeness (QED) is 0.174. The molecule has 2 aliphatic rings. The summed E-state index contributed by atoms with van der Waals surface area (Å²) in [7, 11) is -4.10. The maximum absolute atomic E-state index is 12.6. The minimum absolute atomic E-state index is 0.116. The lowest BCUT2D eigenvalue weighted by Gasteiger charge is -2.25. The van der Waals surface area contributed by atoms with Gasteiger partial charge in [-0.05, 0) is 37.1 Å². The first-order valence-corrected chi connectivity index (χ1v) is 15.3. The van der Waals surface area contributed by atoms with E-state index in [1.807, 2.05) is 30.3 Å². The number of rotatable bonds is 11. The number of nitrogens with zero attached hydrogens (tertiary/aromatic N) is 2. The predicted octanol–water partition coefficient (Wildman–Crippen LogP) is 4.74. The van der Waals surface area contributed by atoms with E-state index in [0.717, 1.165) is 15.6 Å².